The molecule has 7 nitrogen and oxygen atoms in total. The van der Waals surface area contributed by atoms with Gasteiger partial charge in [-0.25, -0.2) is 9.38 Å². The zero-order valence-corrected chi connectivity index (χ0v) is 17.5. The Morgan fingerprint density at radius 2 is 1.96 bits per heavy atom. The Balaban J connectivity index is 0.00000364. The fourth-order valence-electron chi connectivity index (χ4n) is 2.12. The number of nitrogens with zero attached hydrogens (tertiary/aromatic N) is 1. The molecule has 1 aromatic carbocycles. The predicted molar refractivity (Wildman–Crippen MR) is 112 cm³/mol. The Morgan fingerprint density at radius 1 is 1.26 bits per heavy atom. The molecule has 1 amide bonds. The standard InChI is InChI=1S/C18H23FN4O3.HI/c1-3-21-18(23-11-15-8-9-16(26-15)17(20)24)22-10-12(2)25-14-6-4-13(19)5-7-14;/h4-9,12H,3,10-11H2,1-2H3,(H2,20,24)(H2,21,22,23);1H. The molecule has 0 aliphatic rings. The molecule has 4 N–H and O–H groups in total. The molecule has 0 aliphatic heterocycles. The van der Waals surface area contributed by atoms with Crippen LogP contribution in [0.1, 0.15) is 30.2 Å². The van der Waals surface area contributed by atoms with Gasteiger partial charge in [0.15, 0.2) is 11.7 Å². The maximum absolute atomic E-state index is 12.9. The van der Waals surface area contributed by atoms with Gasteiger partial charge in [-0.15, -0.1) is 24.0 Å². The molecule has 1 aromatic heterocycles. The van der Waals surface area contributed by atoms with Crippen LogP contribution in [0.25, 0.3) is 0 Å². The minimum Gasteiger partial charge on any atom is -0.489 e. The molecule has 0 fully saturated rings. The fourth-order valence-corrected chi connectivity index (χ4v) is 2.12. The summed E-state index contributed by atoms with van der Waals surface area (Å²) in [4.78, 5) is 15.4. The first kappa shape index (κ1) is 22.7. The molecule has 1 atom stereocenters. The van der Waals surface area contributed by atoms with Gasteiger partial charge in [0.05, 0.1) is 6.54 Å². The van der Waals surface area contributed by atoms with Crippen LogP contribution >= 0.6 is 24.0 Å². The predicted octanol–water partition coefficient (Wildman–Crippen LogP) is 2.66. The smallest absolute Gasteiger partial charge is 0.284 e. The van der Waals surface area contributed by atoms with Crippen LogP contribution < -0.4 is 21.1 Å². The van der Waals surface area contributed by atoms with Crippen molar-refractivity contribution in [2.24, 2.45) is 10.7 Å². The van der Waals surface area contributed by atoms with Gasteiger partial charge in [0.25, 0.3) is 5.91 Å². The summed E-state index contributed by atoms with van der Waals surface area (Å²) in [7, 11) is 0. The molecule has 1 unspecified atom stereocenters. The van der Waals surface area contributed by atoms with E-state index in [2.05, 4.69) is 15.6 Å². The molecule has 148 valence electrons. The number of hydrogen-bond donors (Lipinski definition) is 3. The van der Waals surface area contributed by atoms with E-state index in [1.54, 1.807) is 18.2 Å². The summed E-state index contributed by atoms with van der Waals surface area (Å²) in [6, 6.07) is 9.05. The number of aliphatic imine (C=N–C) groups is 1. The lowest BCUT2D eigenvalue weighted by molar-refractivity contribution is 0.0972. The maximum atomic E-state index is 12.9. The average molecular weight is 490 g/mol. The Morgan fingerprint density at radius 3 is 2.56 bits per heavy atom. The van der Waals surface area contributed by atoms with Gasteiger partial charge >= 0.3 is 0 Å². The van der Waals surface area contributed by atoms with Crippen molar-refractivity contribution in [2.45, 2.75) is 26.5 Å². The number of benzene rings is 1. The average Bonchev–Trinajstić information content (AvgIpc) is 3.09. The van der Waals surface area contributed by atoms with Gasteiger partial charge in [-0.1, -0.05) is 0 Å². The summed E-state index contributed by atoms with van der Waals surface area (Å²) >= 11 is 0. The van der Waals surface area contributed by atoms with Crippen LogP contribution in [-0.4, -0.2) is 31.1 Å². The van der Waals surface area contributed by atoms with E-state index in [1.807, 2.05) is 13.8 Å². The fraction of sp³-hybridized carbons (Fsp3) is 0.333. The summed E-state index contributed by atoms with van der Waals surface area (Å²) in [5, 5.41) is 6.27. The number of nitrogens with two attached hydrogens (primary N) is 1. The number of carbonyl (C=O) groups is 1. The Labute approximate surface area is 174 Å². The quantitative estimate of drug-likeness (QED) is 0.300. The van der Waals surface area contributed by atoms with Crippen LogP contribution in [0.2, 0.25) is 0 Å². The molecular formula is C18H24FIN4O3. The highest BCUT2D eigenvalue weighted by molar-refractivity contribution is 14.0. The highest BCUT2D eigenvalue weighted by atomic mass is 127. The molecule has 0 saturated heterocycles. The zero-order chi connectivity index (χ0) is 18.9. The molecule has 0 aliphatic carbocycles. The number of amides is 1. The van der Waals surface area contributed by atoms with Crippen molar-refractivity contribution in [3.05, 3.63) is 53.7 Å². The minimum absolute atomic E-state index is 0. The van der Waals surface area contributed by atoms with Crippen molar-refractivity contribution >= 4 is 35.8 Å². The zero-order valence-electron chi connectivity index (χ0n) is 15.2. The summed E-state index contributed by atoms with van der Waals surface area (Å²) in [5.74, 6) is 0.900. The van der Waals surface area contributed by atoms with Gasteiger partial charge in [0.1, 0.15) is 30.0 Å². The third kappa shape index (κ3) is 7.85. The van der Waals surface area contributed by atoms with Gasteiger partial charge in [-0.3, -0.25) is 4.79 Å². The highest BCUT2D eigenvalue weighted by Crippen LogP contribution is 2.12. The molecule has 0 bridgehead atoms. The van der Waals surface area contributed by atoms with Crippen LogP contribution in [-0.2, 0) is 6.54 Å². The second-order valence-electron chi connectivity index (χ2n) is 5.59. The Kier molecular flexibility index (Phi) is 9.62. The topological polar surface area (TPSA) is 102 Å². The van der Waals surface area contributed by atoms with E-state index in [0.717, 1.165) is 0 Å². The third-order valence-corrected chi connectivity index (χ3v) is 3.35. The van der Waals surface area contributed by atoms with Gasteiger partial charge < -0.3 is 25.5 Å². The number of nitrogens with one attached hydrogen (secondary N) is 2. The summed E-state index contributed by atoms with van der Waals surface area (Å²) in [6.07, 6.45) is -0.158. The second kappa shape index (κ2) is 11.4. The molecule has 1 heterocycles. The van der Waals surface area contributed by atoms with E-state index >= 15 is 0 Å². The molecule has 2 rings (SSSR count). The Hall–Kier alpha value is -2.30. The molecule has 0 saturated carbocycles. The van der Waals surface area contributed by atoms with Crippen LogP contribution in [0.3, 0.4) is 0 Å². The lowest BCUT2D eigenvalue weighted by Crippen LogP contribution is -2.41. The molecule has 0 spiro atoms. The molecule has 9 heteroatoms. The van der Waals surface area contributed by atoms with Crippen molar-refractivity contribution in [3.8, 4) is 5.75 Å². The number of hydrogen-bond acceptors (Lipinski definition) is 4. The summed E-state index contributed by atoms with van der Waals surface area (Å²) in [6.45, 7) is 5.28. The van der Waals surface area contributed by atoms with Crippen LogP contribution in [0, 0.1) is 5.82 Å². The first-order valence-corrected chi connectivity index (χ1v) is 8.31. The summed E-state index contributed by atoms with van der Waals surface area (Å²) in [5.41, 5.74) is 5.16. The van der Waals surface area contributed by atoms with Gasteiger partial charge in [0, 0.05) is 6.54 Å². The van der Waals surface area contributed by atoms with Gasteiger partial charge in [-0.2, -0.15) is 0 Å². The lowest BCUT2D eigenvalue weighted by Gasteiger charge is -2.17. The van der Waals surface area contributed by atoms with Crippen LogP contribution in [0.5, 0.6) is 5.75 Å². The highest BCUT2D eigenvalue weighted by Gasteiger charge is 2.08. The molecular weight excluding hydrogens is 466 g/mol. The normalized spacial score (nSPS) is 12.0. The molecule has 2 aromatic rings. The monoisotopic (exact) mass is 490 g/mol. The number of halogens is 2. The van der Waals surface area contributed by atoms with E-state index in [4.69, 9.17) is 14.9 Å². The van der Waals surface area contributed by atoms with Crippen molar-refractivity contribution in [1.82, 2.24) is 10.6 Å². The first-order valence-electron chi connectivity index (χ1n) is 8.31. The number of ether oxygens (including phenoxy) is 1. The summed E-state index contributed by atoms with van der Waals surface area (Å²) < 4.78 is 23.9. The van der Waals surface area contributed by atoms with Crippen molar-refractivity contribution in [1.29, 1.82) is 0 Å². The van der Waals surface area contributed by atoms with E-state index in [0.29, 0.717) is 30.6 Å². The maximum Gasteiger partial charge on any atom is 0.284 e. The SMILES string of the molecule is CCNC(=NCc1ccc(C(N)=O)o1)NCC(C)Oc1ccc(F)cc1.I. The van der Waals surface area contributed by atoms with Crippen molar-refractivity contribution < 1.29 is 18.3 Å². The molecule has 27 heavy (non-hydrogen) atoms. The van der Waals surface area contributed by atoms with Crippen LogP contribution in [0.15, 0.2) is 45.8 Å². The van der Waals surface area contributed by atoms with E-state index in [9.17, 15) is 9.18 Å². The molecule has 0 radical (unpaired) electrons. The number of rotatable bonds is 8. The lowest BCUT2D eigenvalue weighted by atomic mass is 10.3. The number of primary amides is 1. The first-order chi connectivity index (χ1) is 12.5. The largest absolute Gasteiger partial charge is 0.489 e. The van der Waals surface area contributed by atoms with Crippen LogP contribution in [0.4, 0.5) is 4.39 Å². The number of furan rings is 1. The number of guanidine groups is 1. The minimum atomic E-state index is -0.614. The third-order valence-electron chi connectivity index (χ3n) is 3.35. The van der Waals surface area contributed by atoms with Crippen molar-refractivity contribution in [3.63, 3.8) is 0 Å². The van der Waals surface area contributed by atoms with E-state index in [1.165, 1.54) is 18.2 Å². The van der Waals surface area contributed by atoms with E-state index in [-0.39, 0.29) is 48.2 Å². The van der Waals surface area contributed by atoms with E-state index < -0.39 is 5.91 Å². The van der Waals surface area contributed by atoms with Gasteiger partial charge in [-0.05, 0) is 50.2 Å². The number of carbonyl (C=O) groups excluding carboxylic acids is 1. The van der Waals surface area contributed by atoms with Crippen molar-refractivity contribution in [2.75, 3.05) is 13.1 Å². The second-order valence-corrected chi connectivity index (χ2v) is 5.59. The van der Waals surface area contributed by atoms with Gasteiger partial charge in [0.2, 0.25) is 0 Å². The Bertz CT molecular complexity index is 749.